The highest BCUT2D eigenvalue weighted by Gasteiger charge is 2.18. The van der Waals surface area contributed by atoms with Crippen LogP contribution in [-0.2, 0) is 6.54 Å². The van der Waals surface area contributed by atoms with Gasteiger partial charge >= 0.3 is 0 Å². The molecule has 2 rings (SSSR count). The maximum absolute atomic E-state index is 5.76. The van der Waals surface area contributed by atoms with Gasteiger partial charge in [-0.05, 0) is 11.4 Å². The summed E-state index contributed by atoms with van der Waals surface area (Å²) in [6.07, 6.45) is 0.972. The number of rotatable bonds is 2. The van der Waals surface area contributed by atoms with Crippen molar-refractivity contribution in [2.75, 3.05) is 0 Å². The zero-order valence-electron chi connectivity index (χ0n) is 7.50. The van der Waals surface area contributed by atoms with Crippen LogP contribution in [0.3, 0.4) is 0 Å². The predicted molar refractivity (Wildman–Crippen MR) is 58.0 cm³/mol. The van der Waals surface area contributed by atoms with Gasteiger partial charge in [0.05, 0.1) is 6.54 Å². The lowest BCUT2D eigenvalue weighted by Crippen LogP contribution is -2.49. The van der Waals surface area contributed by atoms with E-state index in [1.165, 1.54) is 11.2 Å². The molecule has 0 fully saturated rings. The Bertz CT molecular complexity index is 356. The molecule has 1 aliphatic rings. The van der Waals surface area contributed by atoms with Crippen molar-refractivity contribution >= 4 is 23.6 Å². The van der Waals surface area contributed by atoms with Gasteiger partial charge in [0.1, 0.15) is 6.34 Å². The summed E-state index contributed by atoms with van der Waals surface area (Å²) < 4.78 is 0. The number of guanidine groups is 1. The molecule has 5 nitrogen and oxygen atoms in total. The summed E-state index contributed by atoms with van der Waals surface area (Å²) in [7, 11) is 0. The molecular formula is C8H11N5S. The van der Waals surface area contributed by atoms with Crippen LogP contribution in [-0.4, -0.2) is 23.5 Å². The van der Waals surface area contributed by atoms with E-state index in [4.69, 9.17) is 11.5 Å². The number of thiophene rings is 1. The third kappa shape index (κ3) is 1.75. The van der Waals surface area contributed by atoms with E-state index in [-0.39, 0.29) is 0 Å². The van der Waals surface area contributed by atoms with Crippen molar-refractivity contribution in [2.45, 2.75) is 12.8 Å². The van der Waals surface area contributed by atoms with Gasteiger partial charge in [0.2, 0.25) is 5.96 Å². The van der Waals surface area contributed by atoms with Gasteiger partial charge in [0.25, 0.3) is 0 Å². The first-order valence-electron chi connectivity index (χ1n) is 4.17. The van der Waals surface area contributed by atoms with E-state index in [0.29, 0.717) is 12.5 Å². The minimum absolute atomic E-state index is 0.418. The van der Waals surface area contributed by atoms with E-state index >= 15 is 0 Å². The summed E-state index contributed by atoms with van der Waals surface area (Å²) in [6, 6.07) is 4.02. The molecule has 74 valence electrons. The monoisotopic (exact) mass is 209 g/mol. The molecule has 0 radical (unpaired) electrons. The molecule has 0 bridgehead atoms. The van der Waals surface area contributed by atoms with Crippen LogP contribution >= 0.6 is 11.3 Å². The van der Waals surface area contributed by atoms with E-state index in [1.807, 2.05) is 17.5 Å². The molecule has 1 aromatic heterocycles. The first-order valence-corrected chi connectivity index (χ1v) is 5.05. The van der Waals surface area contributed by atoms with Crippen molar-refractivity contribution in [3.05, 3.63) is 22.4 Å². The zero-order chi connectivity index (χ0) is 9.97. The molecule has 0 aliphatic carbocycles. The van der Waals surface area contributed by atoms with Gasteiger partial charge in [0, 0.05) is 4.88 Å². The minimum Gasteiger partial charge on any atom is -0.369 e. The van der Waals surface area contributed by atoms with Crippen LogP contribution in [0.5, 0.6) is 0 Å². The summed E-state index contributed by atoms with van der Waals surface area (Å²) in [5, 5.41) is 2.02. The fourth-order valence-electron chi connectivity index (χ4n) is 1.20. The number of hydrogen-bond acceptors (Lipinski definition) is 6. The first-order chi connectivity index (χ1) is 6.77. The lowest BCUT2D eigenvalue weighted by molar-refractivity contribution is 0.314. The maximum atomic E-state index is 5.76. The van der Waals surface area contributed by atoms with Gasteiger partial charge in [-0.15, -0.1) is 11.3 Å². The highest BCUT2D eigenvalue weighted by Crippen LogP contribution is 2.13. The van der Waals surface area contributed by atoms with Crippen LogP contribution in [0.15, 0.2) is 27.5 Å². The second kappa shape index (κ2) is 3.77. The van der Waals surface area contributed by atoms with Gasteiger partial charge in [-0.25, -0.2) is 9.98 Å². The van der Waals surface area contributed by atoms with Crippen LogP contribution in [0, 0.1) is 0 Å². The third-order valence-electron chi connectivity index (χ3n) is 1.93. The summed E-state index contributed by atoms with van der Waals surface area (Å²) in [6.45, 7) is 0.658. The summed E-state index contributed by atoms with van der Waals surface area (Å²) >= 11 is 1.66. The normalized spacial score (nSPS) is 21.1. The maximum Gasteiger partial charge on any atom is 0.200 e. The second-order valence-corrected chi connectivity index (χ2v) is 3.90. The van der Waals surface area contributed by atoms with Gasteiger partial charge < -0.3 is 10.6 Å². The Labute approximate surface area is 85.8 Å². The highest BCUT2D eigenvalue weighted by atomic mass is 32.1. The van der Waals surface area contributed by atoms with Gasteiger partial charge in [-0.2, -0.15) is 0 Å². The number of nitrogens with zero attached hydrogens (tertiary/aromatic N) is 3. The Morgan fingerprint density at radius 2 is 2.43 bits per heavy atom. The largest absolute Gasteiger partial charge is 0.369 e. The van der Waals surface area contributed by atoms with Crippen LogP contribution in [0.2, 0.25) is 0 Å². The molecule has 0 saturated carbocycles. The Morgan fingerprint density at radius 1 is 1.57 bits per heavy atom. The number of hydrogen-bond donors (Lipinski definition) is 2. The molecule has 0 spiro atoms. The van der Waals surface area contributed by atoms with Crippen molar-refractivity contribution < 1.29 is 0 Å². The van der Waals surface area contributed by atoms with E-state index in [2.05, 4.69) is 9.98 Å². The molecule has 6 heteroatoms. The molecule has 2 heterocycles. The lowest BCUT2D eigenvalue weighted by Gasteiger charge is -2.28. The molecular weight excluding hydrogens is 198 g/mol. The van der Waals surface area contributed by atoms with Gasteiger partial charge in [-0.1, -0.05) is 6.07 Å². The van der Waals surface area contributed by atoms with Crippen LogP contribution in [0.1, 0.15) is 4.88 Å². The van der Waals surface area contributed by atoms with Crippen LogP contribution in [0.4, 0.5) is 0 Å². The number of nitrogens with two attached hydrogens (primary N) is 2. The third-order valence-corrected chi connectivity index (χ3v) is 2.79. The smallest absolute Gasteiger partial charge is 0.200 e. The summed E-state index contributed by atoms with van der Waals surface area (Å²) in [5.41, 5.74) is 11.5. The van der Waals surface area contributed by atoms with E-state index in [1.54, 1.807) is 16.2 Å². The van der Waals surface area contributed by atoms with E-state index < -0.39 is 6.29 Å². The topological polar surface area (TPSA) is 80.0 Å². The van der Waals surface area contributed by atoms with Crippen LogP contribution in [0.25, 0.3) is 0 Å². The lowest BCUT2D eigenvalue weighted by atomic mass is 10.4. The fraction of sp³-hybridized carbons (Fsp3) is 0.250. The van der Waals surface area contributed by atoms with Crippen molar-refractivity contribution in [3.8, 4) is 0 Å². The van der Waals surface area contributed by atoms with Crippen molar-refractivity contribution in [1.82, 2.24) is 4.90 Å². The molecule has 14 heavy (non-hydrogen) atoms. The minimum atomic E-state index is -0.422. The average molecular weight is 209 g/mol. The average Bonchev–Trinajstić information content (AvgIpc) is 2.64. The predicted octanol–water partition coefficient (Wildman–Crippen LogP) is 0.149. The standard InChI is InChI=1S/C8H11N5S/c9-7-11-5-12-8(10)13(7)4-6-2-1-3-14-6/h1-3,5,7H,4,9H2,(H2,10,11,12). The molecule has 1 aliphatic heterocycles. The Morgan fingerprint density at radius 3 is 3.07 bits per heavy atom. The van der Waals surface area contributed by atoms with Crippen molar-refractivity contribution in [2.24, 2.45) is 21.5 Å². The Hall–Kier alpha value is -1.40. The highest BCUT2D eigenvalue weighted by molar-refractivity contribution is 7.09. The molecule has 1 unspecified atom stereocenters. The molecule has 0 saturated heterocycles. The first kappa shape index (κ1) is 9.17. The molecule has 0 amide bonds. The summed E-state index contributed by atoms with van der Waals surface area (Å²) in [4.78, 5) is 10.8. The van der Waals surface area contributed by atoms with Gasteiger partial charge in [-0.3, -0.25) is 5.73 Å². The van der Waals surface area contributed by atoms with E-state index in [0.717, 1.165) is 0 Å². The van der Waals surface area contributed by atoms with Gasteiger partial charge in [0.15, 0.2) is 6.29 Å². The number of aliphatic imine (C=N–C) groups is 2. The van der Waals surface area contributed by atoms with E-state index in [9.17, 15) is 0 Å². The molecule has 4 N–H and O–H groups in total. The van der Waals surface area contributed by atoms with Crippen molar-refractivity contribution in [3.63, 3.8) is 0 Å². The molecule has 1 atom stereocenters. The summed E-state index contributed by atoms with van der Waals surface area (Å²) in [5.74, 6) is 0.418. The molecule has 1 aromatic rings. The van der Waals surface area contributed by atoms with Crippen molar-refractivity contribution in [1.29, 1.82) is 0 Å². The fourth-order valence-corrected chi connectivity index (χ4v) is 1.90. The zero-order valence-corrected chi connectivity index (χ0v) is 8.31. The van der Waals surface area contributed by atoms with Crippen LogP contribution < -0.4 is 11.5 Å². The Balaban J connectivity index is 2.11. The second-order valence-electron chi connectivity index (χ2n) is 2.87. The molecule has 0 aromatic carbocycles. The Kier molecular flexibility index (Phi) is 2.47. The SMILES string of the molecule is NC1=NC=NC(N)N1Cc1cccs1. The quantitative estimate of drug-likeness (QED) is 0.727.